The predicted octanol–water partition coefficient (Wildman–Crippen LogP) is 3.76. The molecule has 3 rings (SSSR count). The molecule has 0 unspecified atom stereocenters. The van der Waals surface area contributed by atoms with Crippen molar-refractivity contribution in [1.82, 2.24) is 10.6 Å². The average Bonchev–Trinajstić information content (AvgIpc) is 2.96. The molecule has 0 bridgehead atoms. The minimum Gasteiger partial charge on any atom is -0.481 e. The van der Waals surface area contributed by atoms with Crippen LogP contribution >= 0.6 is 0 Å². The van der Waals surface area contributed by atoms with Crippen molar-refractivity contribution in [2.45, 2.75) is 96.4 Å². The van der Waals surface area contributed by atoms with Crippen LogP contribution in [0.5, 0.6) is 5.75 Å². The SMILES string of the molecule is CC[C@@H](Oc1ccc2c(c1)CCC2)C(=O)NC1CC(C)(C)NC(C)(C)C1. The average molecular weight is 359 g/mol. The fourth-order valence-corrected chi connectivity index (χ4v) is 4.83. The van der Waals surface area contributed by atoms with E-state index in [9.17, 15) is 4.79 Å². The van der Waals surface area contributed by atoms with Crippen molar-refractivity contribution < 1.29 is 9.53 Å². The minimum absolute atomic E-state index is 0.00602. The third kappa shape index (κ3) is 4.59. The van der Waals surface area contributed by atoms with Crippen molar-refractivity contribution >= 4 is 5.91 Å². The van der Waals surface area contributed by atoms with Crippen molar-refractivity contribution in [2.75, 3.05) is 0 Å². The fraction of sp³-hybridized carbons (Fsp3) is 0.682. The number of nitrogens with one attached hydrogen (secondary N) is 2. The van der Waals surface area contributed by atoms with Crippen LogP contribution in [0.15, 0.2) is 18.2 Å². The van der Waals surface area contributed by atoms with Crippen LogP contribution in [0, 0.1) is 0 Å². The van der Waals surface area contributed by atoms with Crippen LogP contribution in [-0.4, -0.2) is 29.1 Å². The Morgan fingerprint density at radius 1 is 1.19 bits per heavy atom. The van der Waals surface area contributed by atoms with Gasteiger partial charge in [-0.25, -0.2) is 0 Å². The maximum atomic E-state index is 12.8. The summed E-state index contributed by atoms with van der Waals surface area (Å²) in [6, 6.07) is 6.46. The van der Waals surface area contributed by atoms with Gasteiger partial charge >= 0.3 is 0 Å². The number of carbonyl (C=O) groups is 1. The lowest BCUT2D eigenvalue weighted by Crippen LogP contribution is -2.62. The monoisotopic (exact) mass is 358 g/mol. The number of ether oxygens (including phenoxy) is 1. The fourth-order valence-electron chi connectivity index (χ4n) is 4.83. The Kier molecular flexibility index (Phi) is 5.34. The molecule has 0 saturated carbocycles. The molecule has 4 nitrogen and oxygen atoms in total. The van der Waals surface area contributed by atoms with Crippen LogP contribution in [-0.2, 0) is 17.6 Å². The normalized spacial score (nSPS) is 22.5. The minimum atomic E-state index is -0.435. The molecule has 4 heteroatoms. The molecule has 0 spiro atoms. The van der Waals surface area contributed by atoms with Crippen LogP contribution < -0.4 is 15.4 Å². The first-order valence-corrected chi connectivity index (χ1v) is 10.1. The van der Waals surface area contributed by atoms with Gasteiger partial charge in [0.25, 0.3) is 5.91 Å². The lowest BCUT2D eigenvalue weighted by atomic mass is 9.79. The Labute approximate surface area is 158 Å². The summed E-state index contributed by atoms with van der Waals surface area (Å²) in [7, 11) is 0. The quantitative estimate of drug-likeness (QED) is 0.843. The number of amides is 1. The van der Waals surface area contributed by atoms with E-state index in [0.29, 0.717) is 6.42 Å². The van der Waals surface area contributed by atoms with Gasteiger partial charge in [-0.05, 0) is 89.5 Å². The summed E-state index contributed by atoms with van der Waals surface area (Å²) in [4.78, 5) is 12.8. The zero-order valence-corrected chi connectivity index (χ0v) is 16.9. The summed E-state index contributed by atoms with van der Waals surface area (Å²) in [6.07, 6.45) is 5.59. The first-order chi connectivity index (χ1) is 12.2. The Morgan fingerprint density at radius 3 is 2.50 bits per heavy atom. The van der Waals surface area contributed by atoms with E-state index in [1.807, 2.05) is 13.0 Å². The van der Waals surface area contributed by atoms with Crippen molar-refractivity contribution in [3.63, 3.8) is 0 Å². The Morgan fingerprint density at radius 2 is 1.85 bits per heavy atom. The smallest absolute Gasteiger partial charge is 0.261 e. The number of fused-ring (bicyclic) bond motifs is 1. The number of piperidine rings is 1. The maximum absolute atomic E-state index is 12.8. The van der Waals surface area contributed by atoms with Crippen LogP contribution in [0.25, 0.3) is 0 Å². The number of carbonyl (C=O) groups excluding carboxylic acids is 1. The Balaban J connectivity index is 1.63. The van der Waals surface area contributed by atoms with E-state index in [-0.39, 0.29) is 23.0 Å². The summed E-state index contributed by atoms with van der Waals surface area (Å²) < 4.78 is 6.07. The zero-order chi connectivity index (χ0) is 18.9. The highest BCUT2D eigenvalue weighted by Gasteiger charge is 2.38. The van der Waals surface area contributed by atoms with Gasteiger partial charge in [0.2, 0.25) is 0 Å². The van der Waals surface area contributed by atoms with Gasteiger partial charge in [-0.2, -0.15) is 0 Å². The standard InChI is InChI=1S/C22H34N2O2/c1-6-19(26-18-11-10-15-8-7-9-16(15)12-18)20(25)23-17-13-21(2,3)24-22(4,5)14-17/h10-12,17,19,24H,6-9,13-14H2,1-5H3,(H,23,25)/t19-/m1/s1. The lowest BCUT2D eigenvalue weighted by Gasteiger charge is -2.46. The Hall–Kier alpha value is -1.55. The van der Waals surface area contributed by atoms with Gasteiger partial charge in [-0.3, -0.25) is 4.79 Å². The molecule has 1 aliphatic heterocycles. The molecule has 1 fully saturated rings. The molecule has 0 aromatic heterocycles. The summed E-state index contributed by atoms with van der Waals surface area (Å²) in [5.41, 5.74) is 2.83. The number of benzene rings is 1. The molecule has 1 amide bonds. The van der Waals surface area contributed by atoms with Crippen LogP contribution in [0.2, 0.25) is 0 Å². The third-order valence-electron chi connectivity index (χ3n) is 5.55. The summed E-state index contributed by atoms with van der Waals surface area (Å²) in [5, 5.41) is 6.91. The van der Waals surface area contributed by atoms with E-state index in [4.69, 9.17) is 4.74 Å². The molecule has 1 saturated heterocycles. The van der Waals surface area contributed by atoms with E-state index < -0.39 is 6.10 Å². The molecule has 1 aromatic carbocycles. The van der Waals surface area contributed by atoms with E-state index >= 15 is 0 Å². The first-order valence-electron chi connectivity index (χ1n) is 10.1. The number of aryl methyl sites for hydroxylation is 2. The molecule has 1 atom stereocenters. The Bertz CT molecular complexity index is 650. The van der Waals surface area contributed by atoms with Crippen molar-refractivity contribution in [1.29, 1.82) is 0 Å². The molecule has 1 heterocycles. The molecule has 2 N–H and O–H groups in total. The molecule has 1 aromatic rings. The van der Waals surface area contributed by atoms with Gasteiger partial charge in [0, 0.05) is 17.1 Å². The molecule has 0 radical (unpaired) electrons. The van der Waals surface area contributed by atoms with Crippen LogP contribution in [0.3, 0.4) is 0 Å². The van der Waals surface area contributed by atoms with E-state index in [2.05, 4.69) is 50.5 Å². The van der Waals surface area contributed by atoms with E-state index in [0.717, 1.165) is 31.4 Å². The van der Waals surface area contributed by atoms with Crippen molar-refractivity contribution in [3.05, 3.63) is 29.3 Å². The van der Waals surface area contributed by atoms with E-state index in [1.165, 1.54) is 17.5 Å². The van der Waals surface area contributed by atoms with Gasteiger partial charge in [0.05, 0.1) is 0 Å². The maximum Gasteiger partial charge on any atom is 0.261 e. The molecule has 144 valence electrons. The molecular weight excluding hydrogens is 324 g/mol. The van der Waals surface area contributed by atoms with Gasteiger partial charge in [0.1, 0.15) is 5.75 Å². The van der Waals surface area contributed by atoms with Crippen LogP contribution in [0.1, 0.15) is 71.4 Å². The third-order valence-corrected chi connectivity index (χ3v) is 5.55. The predicted molar refractivity (Wildman–Crippen MR) is 106 cm³/mol. The number of rotatable bonds is 5. The molecular formula is C22H34N2O2. The van der Waals surface area contributed by atoms with Gasteiger partial charge < -0.3 is 15.4 Å². The van der Waals surface area contributed by atoms with Gasteiger partial charge in [-0.1, -0.05) is 13.0 Å². The van der Waals surface area contributed by atoms with Crippen molar-refractivity contribution in [2.24, 2.45) is 0 Å². The number of hydrogen-bond donors (Lipinski definition) is 2. The summed E-state index contributed by atoms with van der Waals surface area (Å²) >= 11 is 0. The topological polar surface area (TPSA) is 50.4 Å². The lowest BCUT2D eigenvalue weighted by molar-refractivity contribution is -0.129. The first kappa shape index (κ1) is 19.2. The van der Waals surface area contributed by atoms with Gasteiger partial charge in [0.15, 0.2) is 6.10 Å². The highest BCUT2D eigenvalue weighted by Crippen LogP contribution is 2.29. The second-order valence-corrected chi connectivity index (χ2v) is 9.31. The second-order valence-electron chi connectivity index (χ2n) is 9.31. The zero-order valence-electron chi connectivity index (χ0n) is 16.9. The molecule has 26 heavy (non-hydrogen) atoms. The second kappa shape index (κ2) is 7.22. The van der Waals surface area contributed by atoms with Crippen molar-refractivity contribution in [3.8, 4) is 5.75 Å². The molecule has 1 aliphatic carbocycles. The van der Waals surface area contributed by atoms with Crippen LogP contribution in [0.4, 0.5) is 0 Å². The highest BCUT2D eigenvalue weighted by molar-refractivity contribution is 5.81. The summed E-state index contributed by atoms with van der Waals surface area (Å²) in [5.74, 6) is 0.824. The molecule has 2 aliphatic rings. The number of hydrogen-bond acceptors (Lipinski definition) is 3. The largest absolute Gasteiger partial charge is 0.481 e. The van der Waals surface area contributed by atoms with Gasteiger partial charge in [-0.15, -0.1) is 0 Å². The summed E-state index contributed by atoms with van der Waals surface area (Å²) in [6.45, 7) is 10.8. The van der Waals surface area contributed by atoms with E-state index in [1.54, 1.807) is 0 Å². The highest BCUT2D eigenvalue weighted by atomic mass is 16.5.